The predicted octanol–water partition coefficient (Wildman–Crippen LogP) is 3.32. The number of ether oxygens (including phenoxy) is 1. The van der Waals surface area contributed by atoms with Gasteiger partial charge in [-0.2, -0.15) is 5.26 Å². The number of carbonyl (C=O) groups is 1. The minimum Gasteiger partial charge on any atom is -0.461 e. The highest BCUT2D eigenvalue weighted by atomic mass is 32.1. The van der Waals surface area contributed by atoms with Gasteiger partial charge in [-0.3, -0.25) is 4.79 Å². The van der Waals surface area contributed by atoms with Gasteiger partial charge in [-0.1, -0.05) is 18.7 Å². The maximum atomic E-state index is 12.3. The molecule has 0 radical (unpaired) electrons. The standard InChI is InChI=1S/C15H14N2O2S2/c1-3-6-19-15(18)12-9(2)17-14(20)10(8-16)13(12)11-5-4-7-21-11/h3-5,7,12-13,20H,1,6H2,2H3. The van der Waals surface area contributed by atoms with E-state index in [-0.39, 0.29) is 6.61 Å². The molecule has 6 heteroatoms. The summed E-state index contributed by atoms with van der Waals surface area (Å²) in [6, 6.07) is 5.92. The van der Waals surface area contributed by atoms with E-state index in [2.05, 4.69) is 30.3 Å². The Morgan fingerprint density at radius 3 is 3.05 bits per heavy atom. The van der Waals surface area contributed by atoms with Crippen molar-refractivity contribution >= 4 is 35.6 Å². The van der Waals surface area contributed by atoms with Crippen molar-refractivity contribution in [2.24, 2.45) is 10.9 Å². The number of esters is 1. The van der Waals surface area contributed by atoms with Crippen molar-refractivity contribution in [3.05, 3.63) is 45.6 Å². The van der Waals surface area contributed by atoms with Crippen LogP contribution in [0.4, 0.5) is 0 Å². The molecule has 108 valence electrons. The number of nitriles is 1. The van der Waals surface area contributed by atoms with E-state index in [1.54, 1.807) is 6.92 Å². The molecule has 1 aliphatic heterocycles. The molecule has 0 aliphatic carbocycles. The molecule has 0 aromatic carbocycles. The molecular formula is C15H14N2O2S2. The molecule has 0 amide bonds. The lowest BCUT2D eigenvalue weighted by Crippen LogP contribution is -2.33. The molecule has 2 atom stereocenters. The highest BCUT2D eigenvalue weighted by Gasteiger charge is 2.40. The van der Waals surface area contributed by atoms with Crippen LogP contribution in [0.1, 0.15) is 17.7 Å². The van der Waals surface area contributed by atoms with E-state index in [1.165, 1.54) is 17.4 Å². The zero-order valence-electron chi connectivity index (χ0n) is 11.4. The summed E-state index contributed by atoms with van der Waals surface area (Å²) in [6.07, 6.45) is 1.51. The first-order valence-corrected chi connectivity index (χ1v) is 7.62. The number of thiol groups is 1. The Kier molecular flexibility index (Phi) is 4.99. The molecule has 21 heavy (non-hydrogen) atoms. The molecule has 0 bridgehead atoms. The lowest BCUT2D eigenvalue weighted by atomic mass is 9.81. The number of aliphatic imine (C=N–C) groups is 1. The second-order valence-electron chi connectivity index (χ2n) is 4.49. The van der Waals surface area contributed by atoms with E-state index in [0.717, 1.165) is 4.88 Å². The molecule has 0 N–H and O–H groups in total. The van der Waals surface area contributed by atoms with E-state index >= 15 is 0 Å². The fourth-order valence-electron chi connectivity index (χ4n) is 2.28. The monoisotopic (exact) mass is 318 g/mol. The summed E-state index contributed by atoms with van der Waals surface area (Å²) in [5, 5.41) is 11.7. The first-order valence-electron chi connectivity index (χ1n) is 6.29. The van der Waals surface area contributed by atoms with Crippen molar-refractivity contribution in [3.63, 3.8) is 0 Å². The molecule has 1 aliphatic rings. The highest BCUT2D eigenvalue weighted by molar-refractivity contribution is 7.84. The van der Waals surface area contributed by atoms with Gasteiger partial charge in [0.15, 0.2) is 0 Å². The topological polar surface area (TPSA) is 62.4 Å². The largest absolute Gasteiger partial charge is 0.461 e. The molecule has 0 saturated heterocycles. The Labute approximate surface area is 132 Å². The summed E-state index contributed by atoms with van der Waals surface area (Å²) in [5.41, 5.74) is 0.999. The number of carbonyl (C=O) groups excluding carboxylic acids is 1. The van der Waals surface area contributed by atoms with Gasteiger partial charge in [-0.15, -0.1) is 24.0 Å². The van der Waals surface area contributed by atoms with Gasteiger partial charge in [0.1, 0.15) is 17.6 Å². The predicted molar refractivity (Wildman–Crippen MR) is 86.4 cm³/mol. The second-order valence-corrected chi connectivity index (χ2v) is 5.89. The Morgan fingerprint density at radius 1 is 1.71 bits per heavy atom. The van der Waals surface area contributed by atoms with Crippen LogP contribution in [0.2, 0.25) is 0 Å². The van der Waals surface area contributed by atoms with E-state index in [4.69, 9.17) is 4.74 Å². The van der Waals surface area contributed by atoms with E-state index in [1.807, 2.05) is 17.5 Å². The van der Waals surface area contributed by atoms with Gasteiger partial charge in [0.2, 0.25) is 0 Å². The van der Waals surface area contributed by atoms with Crippen molar-refractivity contribution < 1.29 is 9.53 Å². The number of allylic oxidation sites excluding steroid dienone is 1. The molecule has 4 nitrogen and oxygen atoms in total. The fraction of sp³-hybridized carbons (Fsp3) is 0.267. The minimum atomic E-state index is -0.603. The molecule has 0 saturated carbocycles. The molecule has 1 aromatic rings. The zero-order chi connectivity index (χ0) is 15.4. The number of hydrogen-bond acceptors (Lipinski definition) is 6. The maximum absolute atomic E-state index is 12.3. The van der Waals surface area contributed by atoms with Gasteiger partial charge in [0.05, 0.1) is 11.6 Å². The third-order valence-corrected chi connectivity index (χ3v) is 4.48. The number of rotatable bonds is 4. The zero-order valence-corrected chi connectivity index (χ0v) is 13.2. The van der Waals surface area contributed by atoms with Crippen molar-refractivity contribution in [1.82, 2.24) is 0 Å². The normalized spacial score (nSPS) is 21.5. The lowest BCUT2D eigenvalue weighted by Gasteiger charge is -2.28. The third kappa shape index (κ3) is 3.09. The Morgan fingerprint density at radius 2 is 2.48 bits per heavy atom. The van der Waals surface area contributed by atoms with Crippen LogP contribution in [0, 0.1) is 17.2 Å². The van der Waals surface area contributed by atoms with E-state index in [0.29, 0.717) is 16.3 Å². The van der Waals surface area contributed by atoms with Crippen LogP contribution < -0.4 is 0 Å². The Hall–Kier alpha value is -1.84. The van der Waals surface area contributed by atoms with Crippen LogP contribution in [0.25, 0.3) is 0 Å². The number of nitrogens with zero attached hydrogens (tertiary/aromatic N) is 2. The molecule has 0 fully saturated rings. The quantitative estimate of drug-likeness (QED) is 0.526. The van der Waals surface area contributed by atoms with Crippen LogP contribution in [-0.2, 0) is 9.53 Å². The van der Waals surface area contributed by atoms with Crippen LogP contribution >= 0.6 is 24.0 Å². The summed E-state index contributed by atoms with van der Waals surface area (Å²) in [5.74, 6) is -1.39. The van der Waals surface area contributed by atoms with Gasteiger partial charge in [-0.25, -0.2) is 4.99 Å². The van der Waals surface area contributed by atoms with Crippen LogP contribution in [0.15, 0.2) is 45.8 Å². The average Bonchev–Trinajstić information content (AvgIpc) is 2.97. The van der Waals surface area contributed by atoms with Crippen molar-refractivity contribution in [2.75, 3.05) is 6.61 Å². The summed E-state index contributed by atoms with van der Waals surface area (Å²) in [7, 11) is 0. The summed E-state index contributed by atoms with van der Waals surface area (Å²) in [4.78, 5) is 17.5. The molecule has 2 unspecified atom stereocenters. The van der Waals surface area contributed by atoms with Crippen LogP contribution in [-0.4, -0.2) is 18.3 Å². The molecule has 1 aromatic heterocycles. The lowest BCUT2D eigenvalue weighted by molar-refractivity contribution is -0.145. The number of hydrogen-bond donors (Lipinski definition) is 1. The van der Waals surface area contributed by atoms with Gasteiger partial charge >= 0.3 is 5.97 Å². The molecule has 2 rings (SSSR count). The maximum Gasteiger partial charge on any atom is 0.316 e. The van der Waals surface area contributed by atoms with E-state index < -0.39 is 17.8 Å². The fourth-order valence-corrected chi connectivity index (χ4v) is 3.49. The third-order valence-electron chi connectivity index (χ3n) is 3.19. The van der Waals surface area contributed by atoms with Gasteiger partial charge in [-0.05, 0) is 18.4 Å². The Balaban J connectivity index is 2.47. The van der Waals surface area contributed by atoms with Crippen LogP contribution in [0.5, 0.6) is 0 Å². The van der Waals surface area contributed by atoms with Gasteiger partial charge in [0, 0.05) is 16.5 Å². The Bertz CT molecular complexity index is 654. The summed E-state index contributed by atoms with van der Waals surface area (Å²) >= 11 is 5.77. The van der Waals surface area contributed by atoms with Crippen LogP contribution in [0.3, 0.4) is 0 Å². The van der Waals surface area contributed by atoms with E-state index in [9.17, 15) is 10.1 Å². The first-order chi connectivity index (χ1) is 10.1. The average molecular weight is 318 g/mol. The summed E-state index contributed by atoms with van der Waals surface area (Å²) in [6.45, 7) is 5.42. The molecule has 0 spiro atoms. The number of thiophene rings is 1. The molecular weight excluding hydrogens is 304 g/mol. The second kappa shape index (κ2) is 6.74. The SMILES string of the molecule is C=CCOC(=O)C1C(C)=NC(S)=C(C#N)C1c1cccs1. The smallest absolute Gasteiger partial charge is 0.316 e. The first kappa shape index (κ1) is 15.5. The van der Waals surface area contributed by atoms with Gasteiger partial charge < -0.3 is 4.74 Å². The van der Waals surface area contributed by atoms with Crippen molar-refractivity contribution in [3.8, 4) is 6.07 Å². The minimum absolute atomic E-state index is 0.138. The van der Waals surface area contributed by atoms with Gasteiger partial charge in [0.25, 0.3) is 0 Å². The highest BCUT2D eigenvalue weighted by Crippen LogP contribution is 2.41. The van der Waals surface area contributed by atoms with Crippen molar-refractivity contribution in [1.29, 1.82) is 5.26 Å². The van der Waals surface area contributed by atoms with Crippen molar-refractivity contribution in [2.45, 2.75) is 12.8 Å². The summed E-state index contributed by atoms with van der Waals surface area (Å²) < 4.78 is 5.17. The molecule has 2 heterocycles.